The number of nitrogens with one attached hydrogen (secondary N) is 1. The van der Waals surface area contributed by atoms with Crippen molar-refractivity contribution in [3.05, 3.63) is 22.6 Å². The average Bonchev–Trinajstić information content (AvgIpc) is 2.94. The predicted molar refractivity (Wildman–Crippen MR) is 70.3 cm³/mol. The van der Waals surface area contributed by atoms with E-state index in [1.807, 2.05) is 0 Å². The summed E-state index contributed by atoms with van der Waals surface area (Å²) in [5.41, 5.74) is 0. The fourth-order valence-corrected chi connectivity index (χ4v) is 3.05. The Morgan fingerprint density at radius 1 is 1.47 bits per heavy atom. The van der Waals surface area contributed by atoms with Crippen LogP contribution in [-0.2, 0) is 0 Å². The number of rotatable bonds is 4. The standard InChI is InChI=1S/C12H15BrClNO2/c13-11-5-4-10(17-11)12(16)15-7-9-3-1-2-8(9)6-14/h4-5,8-9H,1-3,6-7H2,(H,15,16). The topological polar surface area (TPSA) is 42.2 Å². The lowest BCUT2D eigenvalue weighted by Gasteiger charge is -2.17. The summed E-state index contributed by atoms with van der Waals surface area (Å²) in [5, 5.41) is 2.91. The van der Waals surface area contributed by atoms with Crippen molar-refractivity contribution in [1.29, 1.82) is 0 Å². The minimum Gasteiger partial charge on any atom is -0.444 e. The lowest BCUT2D eigenvalue weighted by molar-refractivity contribution is 0.0915. The Balaban J connectivity index is 1.84. The maximum absolute atomic E-state index is 11.8. The summed E-state index contributed by atoms with van der Waals surface area (Å²) in [6, 6.07) is 3.37. The van der Waals surface area contributed by atoms with Gasteiger partial charge < -0.3 is 9.73 Å². The van der Waals surface area contributed by atoms with Gasteiger partial charge in [-0.1, -0.05) is 6.42 Å². The van der Waals surface area contributed by atoms with E-state index in [0.29, 0.717) is 34.7 Å². The van der Waals surface area contributed by atoms with E-state index < -0.39 is 0 Å². The van der Waals surface area contributed by atoms with Crippen molar-refractivity contribution < 1.29 is 9.21 Å². The van der Waals surface area contributed by atoms with Crippen LogP contribution in [0.3, 0.4) is 0 Å². The van der Waals surface area contributed by atoms with Gasteiger partial charge in [-0.3, -0.25) is 4.79 Å². The number of hydrogen-bond acceptors (Lipinski definition) is 2. The number of furan rings is 1. The Kier molecular flexibility index (Phi) is 4.51. The highest BCUT2D eigenvalue weighted by Gasteiger charge is 2.26. The quantitative estimate of drug-likeness (QED) is 0.864. The van der Waals surface area contributed by atoms with Crippen molar-refractivity contribution in [3.8, 4) is 0 Å². The van der Waals surface area contributed by atoms with Gasteiger partial charge in [0, 0.05) is 12.4 Å². The lowest BCUT2D eigenvalue weighted by atomic mass is 9.98. The number of halogens is 2. The summed E-state index contributed by atoms with van der Waals surface area (Å²) >= 11 is 9.08. The number of amides is 1. The van der Waals surface area contributed by atoms with Crippen LogP contribution in [0.25, 0.3) is 0 Å². The molecule has 1 aliphatic rings. The molecule has 1 aliphatic carbocycles. The zero-order valence-electron chi connectivity index (χ0n) is 9.42. The molecule has 1 N–H and O–H groups in total. The van der Waals surface area contributed by atoms with Gasteiger partial charge in [-0.25, -0.2) is 0 Å². The van der Waals surface area contributed by atoms with Gasteiger partial charge in [0.25, 0.3) is 5.91 Å². The van der Waals surface area contributed by atoms with Crippen molar-refractivity contribution in [1.82, 2.24) is 5.32 Å². The molecule has 1 fully saturated rings. The van der Waals surface area contributed by atoms with Crippen molar-refractivity contribution in [2.45, 2.75) is 19.3 Å². The molecule has 0 radical (unpaired) electrons. The normalized spacial score (nSPS) is 23.9. The number of carbonyl (C=O) groups excluding carboxylic acids is 1. The Bertz CT molecular complexity index is 394. The van der Waals surface area contributed by atoms with E-state index in [1.165, 1.54) is 12.8 Å². The van der Waals surface area contributed by atoms with Crippen LogP contribution in [-0.4, -0.2) is 18.3 Å². The number of alkyl halides is 1. The van der Waals surface area contributed by atoms with E-state index >= 15 is 0 Å². The van der Waals surface area contributed by atoms with Crippen LogP contribution in [0.5, 0.6) is 0 Å². The zero-order chi connectivity index (χ0) is 12.3. The number of carbonyl (C=O) groups is 1. The summed E-state index contributed by atoms with van der Waals surface area (Å²) in [6.45, 7) is 0.689. The fourth-order valence-electron chi connectivity index (χ4n) is 2.33. The third-order valence-corrected chi connectivity index (χ3v) is 4.16. The monoisotopic (exact) mass is 319 g/mol. The first-order chi connectivity index (χ1) is 8.20. The Labute approximate surface area is 114 Å². The molecule has 0 saturated heterocycles. The SMILES string of the molecule is O=C(NCC1CCCC1CCl)c1ccc(Br)o1. The molecule has 2 rings (SSSR count). The lowest BCUT2D eigenvalue weighted by Crippen LogP contribution is -2.31. The maximum atomic E-state index is 11.8. The van der Waals surface area contributed by atoms with Crippen LogP contribution < -0.4 is 5.32 Å². The maximum Gasteiger partial charge on any atom is 0.287 e. The van der Waals surface area contributed by atoms with Gasteiger partial charge in [-0.05, 0) is 52.7 Å². The van der Waals surface area contributed by atoms with Gasteiger partial charge in [0.05, 0.1) is 0 Å². The van der Waals surface area contributed by atoms with Crippen LogP contribution in [0.2, 0.25) is 0 Å². The van der Waals surface area contributed by atoms with Crippen LogP contribution in [0.15, 0.2) is 21.2 Å². The first-order valence-corrected chi connectivity index (χ1v) is 7.13. The second kappa shape index (κ2) is 5.91. The molecule has 0 aliphatic heterocycles. The Morgan fingerprint density at radius 2 is 2.24 bits per heavy atom. The molecule has 1 aromatic rings. The second-order valence-corrected chi connectivity index (χ2v) is 5.51. The van der Waals surface area contributed by atoms with Crippen LogP contribution in [0.1, 0.15) is 29.8 Å². The van der Waals surface area contributed by atoms with E-state index in [2.05, 4.69) is 21.2 Å². The van der Waals surface area contributed by atoms with Gasteiger partial charge in [-0.15, -0.1) is 11.6 Å². The molecule has 5 heteroatoms. The summed E-state index contributed by atoms with van der Waals surface area (Å²) in [7, 11) is 0. The van der Waals surface area contributed by atoms with Crippen molar-refractivity contribution in [2.24, 2.45) is 11.8 Å². The molecular weight excluding hydrogens is 305 g/mol. The molecule has 1 amide bonds. The molecule has 1 heterocycles. The molecule has 3 nitrogen and oxygen atoms in total. The summed E-state index contributed by atoms with van der Waals surface area (Å²) < 4.78 is 5.76. The molecule has 0 bridgehead atoms. The van der Waals surface area contributed by atoms with Crippen molar-refractivity contribution in [3.63, 3.8) is 0 Å². The smallest absolute Gasteiger partial charge is 0.287 e. The molecular formula is C12H15BrClNO2. The molecule has 0 spiro atoms. The first kappa shape index (κ1) is 13.0. The molecule has 94 valence electrons. The van der Waals surface area contributed by atoms with Gasteiger partial charge in [0.1, 0.15) is 0 Å². The third-order valence-electron chi connectivity index (χ3n) is 3.34. The van der Waals surface area contributed by atoms with Crippen LogP contribution in [0.4, 0.5) is 0 Å². The molecule has 1 aromatic heterocycles. The summed E-state index contributed by atoms with van der Waals surface area (Å²) in [5.74, 6) is 1.93. The Hall–Kier alpha value is -0.480. The second-order valence-electron chi connectivity index (χ2n) is 4.42. The molecule has 0 aromatic carbocycles. The Morgan fingerprint density at radius 3 is 2.88 bits per heavy atom. The van der Waals surface area contributed by atoms with Gasteiger partial charge >= 0.3 is 0 Å². The van der Waals surface area contributed by atoms with E-state index in [-0.39, 0.29) is 5.91 Å². The van der Waals surface area contributed by atoms with Crippen LogP contribution in [0, 0.1) is 11.8 Å². The minimum absolute atomic E-state index is 0.157. The van der Waals surface area contributed by atoms with E-state index in [1.54, 1.807) is 12.1 Å². The van der Waals surface area contributed by atoms with Gasteiger partial charge in [-0.2, -0.15) is 0 Å². The highest BCUT2D eigenvalue weighted by molar-refractivity contribution is 9.10. The van der Waals surface area contributed by atoms with E-state index in [9.17, 15) is 4.79 Å². The summed E-state index contributed by atoms with van der Waals surface area (Å²) in [6.07, 6.45) is 3.54. The highest BCUT2D eigenvalue weighted by atomic mass is 79.9. The first-order valence-electron chi connectivity index (χ1n) is 5.80. The van der Waals surface area contributed by atoms with Crippen molar-refractivity contribution >= 4 is 33.4 Å². The highest BCUT2D eigenvalue weighted by Crippen LogP contribution is 2.32. The van der Waals surface area contributed by atoms with E-state index in [0.717, 1.165) is 6.42 Å². The molecule has 2 unspecified atom stereocenters. The minimum atomic E-state index is -0.157. The van der Waals surface area contributed by atoms with E-state index in [4.69, 9.17) is 16.0 Å². The molecule has 1 saturated carbocycles. The number of hydrogen-bond donors (Lipinski definition) is 1. The fraction of sp³-hybridized carbons (Fsp3) is 0.583. The van der Waals surface area contributed by atoms with Gasteiger partial charge in [0.15, 0.2) is 10.4 Å². The van der Waals surface area contributed by atoms with Crippen LogP contribution >= 0.6 is 27.5 Å². The molecule has 2 atom stereocenters. The van der Waals surface area contributed by atoms with Gasteiger partial charge in [0.2, 0.25) is 0 Å². The third kappa shape index (κ3) is 3.26. The van der Waals surface area contributed by atoms with Crippen molar-refractivity contribution in [2.75, 3.05) is 12.4 Å². The largest absolute Gasteiger partial charge is 0.444 e. The predicted octanol–water partition coefficient (Wildman–Crippen LogP) is 3.43. The molecule has 17 heavy (non-hydrogen) atoms. The average molecular weight is 321 g/mol. The summed E-state index contributed by atoms with van der Waals surface area (Å²) in [4.78, 5) is 11.8. The zero-order valence-corrected chi connectivity index (χ0v) is 11.8.